The molecule has 3 aromatic carbocycles. The van der Waals surface area contributed by atoms with Crippen LogP contribution in [0.3, 0.4) is 0 Å². The molecular formula is C25H18Cl2N2O4S2. The molecule has 3 aromatic rings. The van der Waals surface area contributed by atoms with E-state index in [1.807, 2.05) is 30.3 Å². The van der Waals surface area contributed by atoms with E-state index in [-0.39, 0.29) is 17.5 Å². The molecule has 4 rings (SSSR count). The molecule has 6 nitrogen and oxygen atoms in total. The van der Waals surface area contributed by atoms with Crippen molar-refractivity contribution in [2.75, 3.05) is 23.9 Å². The summed E-state index contributed by atoms with van der Waals surface area (Å²) in [6.07, 6.45) is 1.74. The number of para-hydroxylation sites is 1. The van der Waals surface area contributed by atoms with Crippen LogP contribution in [0, 0.1) is 0 Å². The van der Waals surface area contributed by atoms with E-state index in [0.717, 1.165) is 11.3 Å². The van der Waals surface area contributed by atoms with E-state index < -0.39 is 5.91 Å². The molecule has 0 unspecified atom stereocenters. The van der Waals surface area contributed by atoms with E-state index >= 15 is 0 Å². The van der Waals surface area contributed by atoms with Crippen molar-refractivity contribution in [3.8, 4) is 11.5 Å². The summed E-state index contributed by atoms with van der Waals surface area (Å²) in [4.78, 5) is 27.3. The largest absolute Gasteiger partial charge is 0.493 e. The Balaban J connectivity index is 1.45. The lowest BCUT2D eigenvalue weighted by Gasteiger charge is -2.14. The second-order valence-electron chi connectivity index (χ2n) is 7.20. The van der Waals surface area contributed by atoms with Crippen LogP contribution in [-0.2, 0) is 9.59 Å². The lowest BCUT2D eigenvalue weighted by molar-refractivity contribution is -0.118. The lowest BCUT2D eigenvalue weighted by atomic mass is 10.2. The van der Waals surface area contributed by atoms with Crippen molar-refractivity contribution in [3.05, 3.63) is 87.2 Å². The number of anilines is 2. The Bertz CT molecular complexity index is 1330. The van der Waals surface area contributed by atoms with Gasteiger partial charge in [-0.3, -0.25) is 14.5 Å². The summed E-state index contributed by atoms with van der Waals surface area (Å²) < 4.78 is 11.5. The van der Waals surface area contributed by atoms with E-state index in [2.05, 4.69) is 5.32 Å². The molecule has 1 saturated heterocycles. The number of ether oxygens (including phenoxy) is 2. The highest BCUT2D eigenvalue weighted by atomic mass is 35.5. The number of carbonyl (C=O) groups is 2. The first-order valence-electron chi connectivity index (χ1n) is 10.2. The fourth-order valence-corrected chi connectivity index (χ4v) is 4.89. The zero-order valence-corrected chi connectivity index (χ0v) is 21.4. The highest BCUT2D eigenvalue weighted by molar-refractivity contribution is 8.27. The highest BCUT2D eigenvalue weighted by Gasteiger charge is 2.33. The van der Waals surface area contributed by atoms with Crippen molar-refractivity contribution in [3.63, 3.8) is 0 Å². The van der Waals surface area contributed by atoms with E-state index in [1.165, 1.54) is 23.8 Å². The molecule has 1 fully saturated rings. The molecule has 0 aliphatic carbocycles. The Hall–Kier alpha value is -3.04. The van der Waals surface area contributed by atoms with Gasteiger partial charge in [-0.2, -0.15) is 0 Å². The number of carbonyl (C=O) groups excluding carboxylic acids is 2. The van der Waals surface area contributed by atoms with Crippen molar-refractivity contribution >= 4 is 80.8 Å². The predicted molar refractivity (Wildman–Crippen MR) is 146 cm³/mol. The number of nitrogens with one attached hydrogen (secondary N) is 1. The zero-order valence-electron chi connectivity index (χ0n) is 18.3. The molecule has 1 aliphatic heterocycles. The van der Waals surface area contributed by atoms with Crippen LogP contribution in [0.25, 0.3) is 6.08 Å². The van der Waals surface area contributed by atoms with Gasteiger partial charge in [0.15, 0.2) is 22.4 Å². The van der Waals surface area contributed by atoms with Crippen LogP contribution in [0.15, 0.2) is 71.6 Å². The van der Waals surface area contributed by atoms with E-state index in [1.54, 1.807) is 42.5 Å². The normalized spacial score (nSPS) is 14.4. The smallest absolute Gasteiger partial charge is 0.270 e. The topological polar surface area (TPSA) is 67.9 Å². The van der Waals surface area contributed by atoms with Crippen LogP contribution in [0.4, 0.5) is 11.4 Å². The molecule has 178 valence electrons. The molecule has 0 bridgehead atoms. The number of thiocarbonyl (C=S) groups is 1. The molecule has 1 heterocycles. The molecule has 1 N–H and O–H groups in total. The first kappa shape index (κ1) is 25.1. The summed E-state index contributed by atoms with van der Waals surface area (Å²) in [5.74, 6) is 0.173. The predicted octanol–water partition coefficient (Wildman–Crippen LogP) is 6.43. The second-order valence-corrected chi connectivity index (χ2v) is 9.66. The van der Waals surface area contributed by atoms with E-state index in [0.29, 0.717) is 31.4 Å². The van der Waals surface area contributed by atoms with Gasteiger partial charge in [-0.05, 0) is 48.0 Å². The Morgan fingerprint density at radius 1 is 1.09 bits per heavy atom. The second kappa shape index (κ2) is 11.1. The molecule has 0 spiro atoms. The van der Waals surface area contributed by atoms with E-state index in [4.69, 9.17) is 44.9 Å². The maximum Gasteiger partial charge on any atom is 0.270 e. The van der Waals surface area contributed by atoms with Crippen molar-refractivity contribution in [1.29, 1.82) is 0 Å². The van der Waals surface area contributed by atoms with Crippen LogP contribution in [-0.4, -0.2) is 29.9 Å². The Labute approximate surface area is 221 Å². The lowest BCUT2D eigenvalue weighted by Crippen LogP contribution is -2.27. The Morgan fingerprint density at radius 2 is 1.86 bits per heavy atom. The van der Waals surface area contributed by atoms with Gasteiger partial charge in [0.05, 0.1) is 33.4 Å². The number of amides is 2. The summed E-state index contributed by atoms with van der Waals surface area (Å²) in [5, 5.41) is 3.25. The quantitative estimate of drug-likeness (QED) is 0.273. The first-order valence-corrected chi connectivity index (χ1v) is 12.2. The number of rotatable bonds is 7. The Morgan fingerprint density at radius 3 is 2.60 bits per heavy atom. The van der Waals surface area contributed by atoms with Gasteiger partial charge in [0.2, 0.25) is 0 Å². The molecule has 0 atom stereocenters. The van der Waals surface area contributed by atoms with Crippen LogP contribution >= 0.6 is 47.2 Å². The fourth-order valence-electron chi connectivity index (χ4n) is 3.24. The average Bonchev–Trinajstić information content (AvgIpc) is 3.14. The summed E-state index contributed by atoms with van der Waals surface area (Å²) >= 11 is 18.7. The number of methoxy groups -OCH3 is 1. The number of halogens is 2. The third kappa shape index (κ3) is 5.79. The van der Waals surface area contributed by atoms with Gasteiger partial charge in [0.1, 0.15) is 0 Å². The standard InChI is InChI=1S/C25H18Cl2N2O4S2/c1-32-20-12-15(13-21-24(31)29(25(34)35-21)16-6-3-2-4-7-16)10-11-19(20)33-14-22(30)28-18-9-5-8-17(26)23(18)27/h2-13H,14H2,1H3,(H,28,30)/b21-13-. The SMILES string of the molecule is COc1cc(/C=C2\SC(=S)N(c3ccccc3)C2=O)ccc1OCC(=O)Nc1cccc(Cl)c1Cl. The molecule has 0 radical (unpaired) electrons. The highest BCUT2D eigenvalue weighted by Crippen LogP contribution is 2.37. The summed E-state index contributed by atoms with van der Waals surface area (Å²) in [7, 11) is 1.49. The van der Waals surface area contributed by atoms with Crippen molar-refractivity contribution in [1.82, 2.24) is 0 Å². The summed E-state index contributed by atoms with van der Waals surface area (Å²) in [6, 6.07) is 19.3. The van der Waals surface area contributed by atoms with Crippen LogP contribution in [0.5, 0.6) is 11.5 Å². The molecule has 0 saturated carbocycles. The summed E-state index contributed by atoms with van der Waals surface area (Å²) in [5.41, 5.74) is 1.83. The van der Waals surface area contributed by atoms with Gasteiger partial charge in [-0.1, -0.05) is 77.5 Å². The number of thioether (sulfide) groups is 1. The van der Waals surface area contributed by atoms with Crippen molar-refractivity contribution < 1.29 is 19.1 Å². The maximum atomic E-state index is 12.9. The van der Waals surface area contributed by atoms with Crippen molar-refractivity contribution in [2.24, 2.45) is 0 Å². The van der Waals surface area contributed by atoms with Crippen LogP contribution in [0.2, 0.25) is 10.0 Å². The Kier molecular flexibility index (Phi) is 7.97. The van der Waals surface area contributed by atoms with Crippen molar-refractivity contribution in [2.45, 2.75) is 0 Å². The third-order valence-electron chi connectivity index (χ3n) is 4.88. The molecule has 35 heavy (non-hydrogen) atoms. The minimum absolute atomic E-state index is 0.193. The molecular weight excluding hydrogens is 527 g/mol. The maximum absolute atomic E-state index is 12.9. The summed E-state index contributed by atoms with van der Waals surface area (Å²) in [6.45, 7) is -0.270. The zero-order chi connectivity index (χ0) is 24.9. The minimum atomic E-state index is -0.412. The van der Waals surface area contributed by atoms with E-state index in [9.17, 15) is 9.59 Å². The van der Waals surface area contributed by atoms with Gasteiger partial charge >= 0.3 is 0 Å². The number of hydrogen-bond acceptors (Lipinski definition) is 6. The van der Waals surface area contributed by atoms with Gasteiger partial charge in [-0.15, -0.1) is 0 Å². The van der Waals surface area contributed by atoms with Crippen LogP contribution in [0.1, 0.15) is 5.56 Å². The number of hydrogen-bond donors (Lipinski definition) is 1. The molecule has 0 aromatic heterocycles. The molecule has 10 heteroatoms. The molecule has 1 aliphatic rings. The molecule has 2 amide bonds. The van der Waals surface area contributed by atoms with Gasteiger partial charge in [0.25, 0.3) is 11.8 Å². The van der Waals surface area contributed by atoms with Gasteiger partial charge in [0, 0.05) is 0 Å². The fraction of sp³-hybridized carbons (Fsp3) is 0.0800. The van der Waals surface area contributed by atoms with Crippen LogP contribution < -0.4 is 19.7 Å². The number of nitrogens with zero attached hydrogens (tertiary/aromatic N) is 1. The monoisotopic (exact) mass is 544 g/mol. The first-order chi connectivity index (χ1) is 16.9. The average molecular weight is 545 g/mol. The van der Waals surface area contributed by atoms with Gasteiger partial charge < -0.3 is 14.8 Å². The number of benzene rings is 3. The van der Waals surface area contributed by atoms with Gasteiger partial charge in [-0.25, -0.2) is 0 Å². The third-order valence-corrected chi connectivity index (χ3v) is 7.00. The minimum Gasteiger partial charge on any atom is -0.493 e.